The van der Waals surface area contributed by atoms with Gasteiger partial charge in [0, 0.05) is 10.9 Å². The van der Waals surface area contributed by atoms with Gasteiger partial charge in [0.05, 0.1) is 12.2 Å². The van der Waals surface area contributed by atoms with Gasteiger partial charge < -0.3 is 15.4 Å². The monoisotopic (exact) mass is 439 g/mol. The van der Waals surface area contributed by atoms with E-state index in [1.54, 1.807) is 13.8 Å². The fraction of sp³-hybridized carbons (Fsp3) is 0.579. The lowest BCUT2D eigenvalue weighted by atomic mass is 9.95. The van der Waals surface area contributed by atoms with Crippen LogP contribution in [-0.4, -0.2) is 45.7 Å². The molecule has 0 saturated carbocycles. The molecule has 1 aliphatic carbocycles. The van der Waals surface area contributed by atoms with Gasteiger partial charge in [-0.1, -0.05) is 0 Å². The lowest BCUT2D eigenvalue weighted by Crippen LogP contribution is -2.33. The molecule has 11 heteroatoms. The van der Waals surface area contributed by atoms with Crippen LogP contribution in [0.4, 0.5) is 19.7 Å². The number of aryl methyl sites for hydroxylation is 1. The van der Waals surface area contributed by atoms with Gasteiger partial charge in [0.25, 0.3) is 12.3 Å². The van der Waals surface area contributed by atoms with Crippen molar-refractivity contribution in [3.05, 3.63) is 21.8 Å². The van der Waals surface area contributed by atoms with Crippen molar-refractivity contribution in [1.82, 2.24) is 14.8 Å². The molecule has 0 bridgehead atoms. The second-order valence-corrected chi connectivity index (χ2v) is 8.58. The van der Waals surface area contributed by atoms with Gasteiger partial charge in [0.1, 0.15) is 11.0 Å². The van der Waals surface area contributed by atoms with Crippen LogP contribution in [0.15, 0.2) is 0 Å². The van der Waals surface area contributed by atoms with E-state index in [9.17, 15) is 18.4 Å². The van der Waals surface area contributed by atoms with Crippen LogP contribution in [-0.2, 0) is 17.6 Å². The molecular formula is C19H23F2N5O3S. The number of thiophene rings is 1. The zero-order chi connectivity index (χ0) is 21.4. The molecule has 3 heterocycles. The van der Waals surface area contributed by atoms with Gasteiger partial charge >= 0.3 is 5.97 Å². The molecule has 0 unspecified atom stereocenters. The van der Waals surface area contributed by atoms with Gasteiger partial charge in [0.15, 0.2) is 0 Å². The lowest BCUT2D eigenvalue weighted by molar-refractivity contribution is 0.0526. The Morgan fingerprint density at radius 2 is 2.13 bits per heavy atom. The normalized spacial score (nSPS) is 20.3. The molecule has 0 spiro atoms. The Bertz CT molecular complexity index is 974. The highest BCUT2D eigenvalue weighted by atomic mass is 32.1. The first-order chi connectivity index (χ1) is 14.4. The largest absolute Gasteiger partial charge is 0.462 e. The van der Waals surface area contributed by atoms with E-state index in [1.165, 1.54) is 11.3 Å². The molecule has 30 heavy (non-hydrogen) atoms. The number of carbonyl (C=O) groups excluding carboxylic acids is 2. The molecule has 0 radical (unpaired) electrons. The molecule has 8 nitrogen and oxygen atoms in total. The zero-order valence-electron chi connectivity index (χ0n) is 16.7. The van der Waals surface area contributed by atoms with E-state index in [1.807, 2.05) is 0 Å². The Kier molecular flexibility index (Phi) is 5.72. The Hall–Kier alpha value is -2.56. The molecule has 0 aromatic carbocycles. The number of anilines is 2. The number of halogens is 2. The van der Waals surface area contributed by atoms with Crippen molar-refractivity contribution in [2.75, 3.05) is 17.2 Å². The highest BCUT2D eigenvalue weighted by molar-refractivity contribution is 7.17. The summed E-state index contributed by atoms with van der Waals surface area (Å²) in [6, 6.07) is -1.36. The fourth-order valence-corrected chi connectivity index (χ4v) is 5.20. The number of rotatable bonds is 5. The number of carbonyl (C=O) groups is 2. The number of hydrogen-bond donors (Lipinski definition) is 2. The van der Waals surface area contributed by atoms with Gasteiger partial charge in [-0.15, -0.1) is 16.4 Å². The van der Waals surface area contributed by atoms with Gasteiger partial charge in [-0.25, -0.2) is 18.3 Å². The Morgan fingerprint density at radius 1 is 1.37 bits per heavy atom. The van der Waals surface area contributed by atoms with E-state index in [4.69, 9.17) is 4.74 Å². The van der Waals surface area contributed by atoms with Crippen LogP contribution in [0.3, 0.4) is 0 Å². The predicted octanol–water partition coefficient (Wildman–Crippen LogP) is 3.66. The average molecular weight is 439 g/mol. The van der Waals surface area contributed by atoms with Gasteiger partial charge in [-0.3, -0.25) is 4.79 Å². The minimum atomic E-state index is -2.62. The quantitative estimate of drug-likeness (QED) is 0.690. The first kappa shape index (κ1) is 20.7. The summed E-state index contributed by atoms with van der Waals surface area (Å²) >= 11 is 1.35. The minimum absolute atomic E-state index is 0.139. The Morgan fingerprint density at radius 3 is 2.87 bits per heavy atom. The molecule has 2 N–H and O–H groups in total. The maximum absolute atomic E-state index is 13.4. The summed E-state index contributed by atoms with van der Waals surface area (Å²) in [5.74, 6) is -1.21. The highest BCUT2D eigenvalue weighted by Crippen LogP contribution is 2.39. The van der Waals surface area contributed by atoms with E-state index < -0.39 is 24.3 Å². The standard InChI is InChI=1S/C19H23F2N5O3S/c1-3-29-18(28)13-10-6-4-5-7-12(10)30-17(13)24-16(27)15-23-19-22-9(2)8-11(14(20)21)26(19)25-15/h9,11,14H,3-8H2,1-2H3,(H,24,27)(H,22,23,25)/t9-,11-/m0/s1. The Labute approximate surface area is 176 Å². The average Bonchev–Trinajstić information content (AvgIpc) is 3.28. The third-order valence-corrected chi connectivity index (χ3v) is 6.50. The summed E-state index contributed by atoms with van der Waals surface area (Å²) in [6.07, 6.45) is 1.15. The first-order valence-corrected chi connectivity index (χ1v) is 10.8. The molecule has 1 aliphatic heterocycles. The van der Waals surface area contributed by atoms with Crippen molar-refractivity contribution in [2.24, 2.45) is 0 Å². The summed E-state index contributed by atoms with van der Waals surface area (Å²) in [6.45, 7) is 3.72. The van der Waals surface area contributed by atoms with Crippen molar-refractivity contribution in [3.8, 4) is 0 Å². The van der Waals surface area contributed by atoms with Crippen LogP contribution in [0.1, 0.15) is 70.6 Å². The number of nitrogens with one attached hydrogen (secondary N) is 2. The molecule has 4 rings (SSSR count). The number of fused-ring (bicyclic) bond motifs is 2. The van der Waals surface area contributed by atoms with E-state index >= 15 is 0 Å². The maximum atomic E-state index is 13.4. The minimum Gasteiger partial charge on any atom is -0.462 e. The molecule has 1 amide bonds. The van der Waals surface area contributed by atoms with Gasteiger partial charge in [-0.2, -0.15) is 4.98 Å². The van der Waals surface area contributed by atoms with Crippen molar-refractivity contribution in [1.29, 1.82) is 0 Å². The van der Waals surface area contributed by atoms with E-state index in [-0.39, 0.29) is 30.8 Å². The third-order valence-electron chi connectivity index (χ3n) is 5.29. The summed E-state index contributed by atoms with van der Waals surface area (Å²) in [5, 5.41) is 10.1. The highest BCUT2D eigenvalue weighted by Gasteiger charge is 2.35. The van der Waals surface area contributed by atoms with Crippen LogP contribution < -0.4 is 10.6 Å². The summed E-state index contributed by atoms with van der Waals surface area (Å²) in [5.41, 5.74) is 1.30. The second kappa shape index (κ2) is 8.29. The Balaban J connectivity index is 1.63. The molecule has 0 fully saturated rings. The van der Waals surface area contributed by atoms with Crippen molar-refractivity contribution in [2.45, 2.75) is 64.5 Å². The maximum Gasteiger partial charge on any atom is 0.341 e. The summed E-state index contributed by atoms with van der Waals surface area (Å²) in [7, 11) is 0. The summed E-state index contributed by atoms with van der Waals surface area (Å²) < 4.78 is 33.1. The summed E-state index contributed by atoms with van der Waals surface area (Å²) in [4.78, 5) is 30.5. The van der Waals surface area contributed by atoms with Crippen LogP contribution >= 0.6 is 11.3 Å². The van der Waals surface area contributed by atoms with Crippen LogP contribution in [0.25, 0.3) is 0 Å². The first-order valence-electron chi connectivity index (χ1n) is 10.0. The van der Waals surface area contributed by atoms with Crippen molar-refractivity contribution >= 4 is 34.2 Å². The van der Waals surface area contributed by atoms with Crippen molar-refractivity contribution in [3.63, 3.8) is 0 Å². The van der Waals surface area contributed by atoms with E-state index in [0.29, 0.717) is 10.6 Å². The molecule has 2 aliphatic rings. The van der Waals surface area contributed by atoms with Gasteiger partial charge in [-0.05, 0) is 51.5 Å². The predicted molar refractivity (Wildman–Crippen MR) is 108 cm³/mol. The second-order valence-electron chi connectivity index (χ2n) is 7.48. The molecule has 0 saturated heterocycles. The topological polar surface area (TPSA) is 98.1 Å². The van der Waals surface area contributed by atoms with E-state index in [2.05, 4.69) is 20.7 Å². The van der Waals surface area contributed by atoms with Gasteiger partial charge in [0.2, 0.25) is 11.8 Å². The van der Waals surface area contributed by atoms with Crippen LogP contribution in [0.5, 0.6) is 0 Å². The number of amides is 1. The molecule has 2 aromatic rings. The number of alkyl halides is 2. The number of esters is 1. The number of aromatic nitrogens is 3. The SMILES string of the molecule is CCOC(=O)c1c(NC(=O)c2nc3n(n2)[C@H](C(F)F)C[C@H](C)N3)sc2c1CCCC2. The molecular weight excluding hydrogens is 416 g/mol. The van der Waals surface area contributed by atoms with Crippen LogP contribution in [0, 0.1) is 0 Å². The van der Waals surface area contributed by atoms with E-state index in [0.717, 1.165) is 40.8 Å². The number of hydrogen-bond acceptors (Lipinski definition) is 7. The molecule has 162 valence electrons. The molecule has 2 atom stereocenters. The zero-order valence-corrected chi connectivity index (χ0v) is 17.5. The third kappa shape index (κ3) is 3.78. The number of nitrogens with zero attached hydrogens (tertiary/aromatic N) is 3. The van der Waals surface area contributed by atoms with Crippen LogP contribution in [0.2, 0.25) is 0 Å². The smallest absolute Gasteiger partial charge is 0.341 e. The van der Waals surface area contributed by atoms with Crippen molar-refractivity contribution < 1.29 is 23.1 Å². The number of ether oxygens (including phenoxy) is 1. The molecule has 2 aromatic heterocycles. The lowest BCUT2D eigenvalue weighted by Gasteiger charge is -2.28. The fourth-order valence-electron chi connectivity index (χ4n) is 3.93.